The van der Waals surface area contributed by atoms with E-state index in [4.69, 9.17) is 21.7 Å². The second-order valence-electron chi connectivity index (χ2n) is 5.05. The van der Waals surface area contributed by atoms with E-state index in [1.807, 2.05) is 37.3 Å². The number of hydrogen-bond acceptors (Lipinski definition) is 4. The number of nitrogens with one attached hydrogen (secondary N) is 2. The maximum atomic E-state index is 5.87. The fraction of sp³-hybridized carbons (Fsp3) is 0.222. The third kappa shape index (κ3) is 6.50. The third-order valence-electron chi connectivity index (χ3n) is 3.21. The van der Waals surface area contributed by atoms with Crippen molar-refractivity contribution >= 4 is 46.1 Å². The minimum Gasteiger partial charge on any atom is -0.493 e. The van der Waals surface area contributed by atoms with Gasteiger partial charge in [-0.3, -0.25) is 5.43 Å². The molecule has 0 saturated carbocycles. The van der Waals surface area contributed by atoms with Crippen LogP contribution in [0, 0.1) is 3.57 Å². The lowest BCUT2D eigenvalue weighted by atomic mass is 10.2. The van der Waals surface area contributed by atoms with Crippen LogP contribution < -0.4 is 20.2 Å². The summed E-state index contributed by atoms with van der Waals surface area (Å²) < 4.78 is 12.5. The Morgan fingerprint density at radius 3 is 2.64 bits per heavy atom. The highest BCUT2D eigenvalue weighted by atomic mass is 127. The standard InChI is InChI=1S/C18H20IN3O2S/c1-3-20-18(25)22-21-11-14-6-9-16(17(10-14)23-2)24-12-13-4-7-15(19)8-5-13/h4-11H,3,12H2,1-2H3,(H2,20,22,25)/b21-11-. The first kappa shape index (κ1) is 19.5. The van der Waals surface area contributed by atoms with Crippen LogP contribution in [0.15, 0.2) is 47.6 Å². The summed E-state index contributed by atoms with van der Waals surface area (Å²) in [4.78, 5) is 0. The molecule has 0 heterocycles. The van der Waals surface area contributed by atoms with Gasteiger partial charge in [-0.25, -0.2) is 0 Å². The molecule has 2 rings (SSSR count). The first-order chi connectivity index (χ1) is 12.1. The van der Waals surface area contributed by atoms with Gasteiger partial charge in [0.05, 0.1) is 13.3 Å². The molecule has 0 saturated heterocycles. The van der Waals surface area contributed by atoms with Gasteiger partial charge in [-0.05, 0) is 83.2 Å². The van der Waals surface area contributed by atoms with E-state index < -0.39 is 0 Å². The minimum absolute atomic E-state index is 0.485. The van der Waals surface area contributed by atoms with Crippen molar-refractivity contribution in [3.8, 4) is 11.5 Å². The molecule has 25 heavy (non-hydrogen) atoms. The second kappa shape index (κ2) is 10.2. The fourth-order valence-corrected chi connectivity index (χ4v) is 2.55. The molecule has 0 bridgehead atoms. The van der Waals surface area contributed by atoms with E-state index in [2.05, 4.69) is 50.6 Å². The van der Waals surface area contributed by atoms with Crippen LogP contribution in [0.1, 0.15) is 18.1 Å². The Morgan fingerprint density at radius 1 is 1.20 bits per heavy atom. The lowest BCUT2D eigenvalue weighted by Crippen LogP contribution is -2.31. The number of hydrogen-bond donors (Lipinski definition) is 2. The molecule has 0 spiro atoms. The molecular weight excluding hydrogens is 449 g/mol. The van der Waals surface area contributed by atoms with Crippen LogP contribution in [-0.4, -0.2) is 25.0 Å². The van der Waals surface area contributed by atoms with Crippen molar-refractivity contribution in [2.24, 2.45) is 5.10 Å². The zero-order valence-electron chi connectivity index (χ0n) is 14.1. The van der Waals surface area contributed by atoms with E-state index in [-0.39, 0.29) is 0 Å². The second-order valence-corrected chi connectivity index (χ2v) is 6.71. The van der Waals surface area contributed by atoms with Crippen molar-refractivity contribution < 1.29 is 9.47 Å². The number of benzene rings is 2. The highest BCUT2D eigenvalue weighted by molar-refractivity contribution is 14.1. The van der Waals surface area contributed by atoms with Crippen LogP contribution in [0.4, 0.5) is 0 Å². The van der Waals surface area contributed by atoms with Crippen LogP contribution >= 0.6 is 34.8 Å². The maximum Gasteiger partial charge on any atom is 0.186 e. The zero-order valence-corrected chi connectivity index (χ0v) is 17.1. The van der Waals surface area contributed by atoms with Crippen molar-refractivity contribution in [3.63, 3.8) is 0 Å². The van der Waals surface area contributed by atoms with Crippen LogP contribution in [0.3, 0.4) is 0 Å². The van der Waals surface area contributed by atoms with Gasteiger partial charge in [0.15, 0.2) is 16.6 Å². The number of nitrogens with zero attached hydrogens (tertiary/aromatic N) is 1. The number of hydrazone groups is 1. The van der Waals surface area contributed by atoms with Gasteiger partial charge in [-0.15, -0.1) is 0 Å². The normalized spacial score (nSPS) is 10.5. The smallest absolute Gasteiger partial charge is 0.186 e. The van der Waals surface area contributed by atoms with E-state index in [0.717, 1.165) is 17.7 Å². The van der Waals surface area contributed by atoms with E-state index in [9.17, 15) is 0 Å². The van der Waals surface area contributed by atoms with Crippen molar-refractivity contribution in [3.05, 3.63) is 57.2 Å². The van der Waals surface area contributed by atoms with Crippen molar-refractivity contribution in [1.29, 1.82) is 0 Å². The number of halogens is 1. The zero-order chi connectivity index (χ0) is 18.1. The summed E-state index contributed by atoms with van der Waals surface area (Å²) in [6.45, 7) is 3.21. The summed E-state index contributed by atoms with van der Waals surface area (Å²) in [7, 11) is 1.62. The first-order valence-corrected chi connectivity index (χ1v) is 9.23. The van der Waals surface area contributed by atoms with Crippen molar-refractivity contribution in [1.82, 2.24) is 10.7 Å². The van der Waals surface area contributed by atoms with E-state index in [0.29, 0.717) is 23.2 Å². The highest BCUT2D eigenvalue weighted by Crippen LogP contribution is 2.28. The monoisotopic (exact) mass is 469 g/mol. The molecular formula is C18H20IN3O2S. The van der Waals surface area contributed by atoms with Gasteiger partial charge < -0.3 is 14.8 Å². The van der Waals surface area contributed by atoms with Crippen molar-refractivity contribution in [2.75, 3.05) is 13.7 Å². The molecule has 2 N–H and O–H groups in total. The molecule has 2 aromatic rings. The Balaban J connectivity index is 1.99. The highest BCUT2D eigenvalue weighted by Gasteiger charge is 2.06. The molecule has 7 heteroatoms. The van der Waals surface area contributed by atoms with Gasteiger partial charge in [-0.1, -0.05) is 12.1 Å². The van der Waals surface area contributed by atoms with Crippen LogP contribution in [0.5, 0.6) is 11.5 Å². The van der Waals surface area contributed by atoms with Gasteiger partial charge in [0.1, 0.15) is 6.61 Å². The maximum absolute atomic E-state index is 5.87. The van der Waals surface area contributed by atoms with E-state index in [1.54, 1.807) is 13.3 Å². The number of thiocarbonyl (C=S) groups is 1. The van der Waals surface area contributed by atoms with Gasteiger partial charge in [-0.2, -0.15) is 5.10 Å². The predicted octanol–water partition coefficient (Wildman–Crippen LogP) is 3.70. The Hall–Kier alpha value is -1.87. The van der Waals surface area contributed by atoms with Gasteiger partial charge >= 0.3 is 0 Å². The molecule has 0 radical (unpaired) electrons. The van der Waals surface area contributed by atoms with Crippen LogP contribution in [-0.2, 0) is 6.61 Å². The van der Waals surface area contributed by atoms with Gasteiger partial charge in [0.2, 0.25) is 0 Å². The Kier molecular flexibility index (Phi) is 7.93. The number of rotatable bonds is 7. The molecule has 0 aliphatic carbocycles. The molecule has 2 aromatic carbocycles. The van der Waals surface area contributed by atoms with Crippen molar-refractivity contribution in [2.45, 2.75) is 13.5 Å². The molecule has 0 aliphatic heterocycles. The lowest BCUT2D eigenvalue weighted by molar-refractivity contribution is 0.284. The van der Waals surface area contributed by atoms with Crippen LogP contribution in [0.2, 0.25) is 0 Å². The summed E-state index contributed by atoms with van der Waals surface area (Å²) in [5, 5.41) is 7.54. The topological polar surface area (TPSA) is 54.9 Å². The molecule has 0 fully saturated rings. The Morgan fingerprint density at radius 2 is 1.96 bits per heavy atom. The Labute approximate surface area is 166 Å². The molecule has 0 amide bonds. The summed E-state index contributed by atoms with van der Waals surface area (Å²) >= 11 is 7.33. The molecule has 0 aromatic heterocycles. The van der Waals surface area contributed by atoms with E-state index >= 15 is 0 Å². The van der Waals surface area contributed by atoms with Crippen LogP contribution in [0.25, 0.3) is 0 Å². The van der Waals surface area contributed by atoms with Gasteiger partial charge in [0.25, 0.3) is 0 Å². The number of ether oxygens (including phenoxy) is 2. The SMILES string of the molecule is CCNC(=S)N/N=C\c1ccc(OCc2ccc(I)cc2)c(OC)c1. The average Bonchev–Trinajstić information content (AvgIpc) is 2.62. The van der Waals surface area contributed by atoms with Gasteiger partial charge in [0, 0.05) is 10.1 Å². The molecule has 0 atom stereocenters. The molecule has 5 nitrogen and oxygen atoms in total. The summed E-state index contributed by atoms with van der Waals surface area (Å²) in [6.07, 6.45) is 1.68. The average molecular weight is 469 g/mol. The quantitative estimate of drug-likeness (QED) is 0.281. The summed E-state index contributed by atoms with van der Waals surface area (Å²) in [5.41, 5.74) is 4.74. The molecule has 0 aliphatic rings. The minimum atomic E-state index is 0.485. The largest absolute Gasteiger partial charge is 0.493 e. The summed E-state index contributed by atoms with van der Waals surface area (Å²) in [5.74, 6) is 1.35. The third-order valence-corrected chi connectivity index (χ3v) is 4.17. The lowest BCUT2D eigenvalue weighted by Gasteiger charge is -2.11. The first-order valence-electron chi connectivity index (χ1n) is 7.74. The summed E-state index contributed by atoms with van der Waals surface area (Å²) in [6, 6.07) is 13.9. The van der Waals surface area contributed by atoms with E-state index in [1.165, 1.54) is 3.57 Å². The number of methoxy groups -OCH3 is 1. The molecule has 0 unspecified atom stereocenters. The molecule has 132 valence electrons. The fourth-order valence-electron chi connectivity index (χ4n) is 1.99. The predicted molar refractivity (Wildman–Crippen MR) is 113 cm³/mol. The Bertz CT molecular complexity index is 736.